The van der Waals surface area contributed by atoms with Crippen molar-refractivity contribution in [2.24, 2.45) is 5.11 Å². The van der Waals surface area contributed by atoms with Crippen molar-refractivity contribution in [3.8, 4) is 0 Å². The molecule has 0 aliphatic heterocycles. The number of amides is 1. The first-order valence-electron chi connectivity index (χ1n) is 10.3. The fraction of sp³-hybridized carbons (Fsp3) is 0.611. The molecule has 0 aromatic heterocycles. The van der Waals surface area contributed by atoms with E-state index in [1.807, 2.05) is 0 Å². The number of alkyl halides is 17. The van der Waals surface area contributed by atoms with Crippen LogP contribution < -0.4 is 5.32 Å². The lowest BCUT2D eigenvalue weighted by Crippen LogP contribution is -2.74. The van der Waals surface area contributed by atoms with E-state index in [1.165, 1.54) is 0 Å². The number of carbonyl (C=O) groups is 1. The Bertz CT molecular complexity index is 1290. The van der Waals surface area contributed by atoms with Crippen LogP contribution in [0.15, 0.2) is 5.11 Å². The third-order valence-electron chi connectivity index (χ3n) is 5.35. The highest BCUT2D eigenvalue weighted by atomic mass is 19.4. The summed E-state index contributed by atoms with van der Waals surface area (Å²) in [6, 6.07) is 0. The topological polar surface area (TPSA) is 77.9 Å². The predicted molar refractivity (Wildman–Crippen MR) is 97.3 cm³/mol. The van der Waals surface area contributed by atoms with Gasteiger partial charge in [-0.3, -0.25) is 4.79 Å². The maximum atomic E-state index is 13.9. The molecule has 0 aliphatic carbocycles. The van der Waals surface area contributed by atoms with Gasteiger partial charge in [0.15, 0.2) is 23.3 Å². The number of hydrogen-bond donors (Lipinski definition) is 1. The van der Waals surface area contributed by atoms with Gasteiger partial charge in [0, 0.05) is 17.9 Å². The molecule has 0 saturated carbocycles. The van der Waals surface area contributed by atoms with Crippen LogP contribution in [0.3, 0.4) is 0 Å². The maximum Gasteiger partial charge on any atom is 0.460 e. The molecule has 0 heterocycles. The van der Waals surface area contributed by atoms with Gasteiger partial charge in [-0.2, -0.15) is 74.6 Å². The Labute approximate surface area is 226 Å². The molecule has 5 nitrogen and oxygen atoms in total. The molecule has 1 amide bonds. The standard InChI is InChI=1S/C18H7F21N4O/c19-5-4(6(20)8(22)9(7(5)21)42-43-40)10(44)41-3-1-2-11(23,24)12(25,26)13(27,28)14(29,30)15(31,32)16(33,34)17(35,36)18(37,38)39/h1-3H2,(H,41,44). The van der Waals surface area contributed by atoms with E-state index in [0.29, 0.717) is 0 Å². The number of azide groups is 1. The lowest BCUT2D eigenvalue weighted by atomic mass is 9.88. The van der Waals surface area contributed by atoms with Crippen molar-refractivity contribution in [3.05, 3.63) is 39.3 Å². The Morgan fingerprint density at radius 2 is 0.977 bits per heavy atom. The fourth-order valence-electron chi connectivity index (χ4n) is 2.91. The van der Waals surface area contributed by atoms with E-state index >= 15 is 0 Å². The molecule has 1 rings (SSSR count). The molecular formula is C18H7F21N4O. The summed E-state index contributed by atoms with van der Waals surface area (Å²) in [4.78, 5) is 13.5. The Balaban J connectivity index is 3.28. The van der Waals surface area contributed by atoms with Crippen molar-refractivity contribution >= 4 is 11.6 Å². The van der Waals surface area contributed by atoms with Crippen LogP contribution in [0.2, 0.25) is 0 Å². The van der Waals surface area contributed by atoms with Crippen molar-refractivity contribution in [3.63, 3.8) is 0 Å². The molecule has 1 aromatic carbocycles. The van der Waals surface area contributed by atoms with Gasteiger partial charge < -0.3 is 5.32 Å². The van der Waals surface area contributed by atoms with Gasteiger partial charge in [0.05, 0.1) is 0 Å². The average molecular weight is 694 g/mol. The van der Waals surface area contributed by atoms with E-state index < -0.39 is 107 Å². The van der Waals surface area contributed by atoms with E-state index in [4.69, 9.17) is 5.53 Å². The normalized spacial score (nSPS) is 14.4. The Kier molecular flexibility index (Phi) is 10.1. The zero-order valence-corrected chi connectivity index (χ0v) is 19.8. The summed E-state index contributed by atoms with van der Waals surface area (Å²) in [5, 5.41) is 3.29. The van der Waals surface area contributed by atoms with Gasteiger partial charge >= 0.3 is 47.6 Å². The van der Waals surface area contributed by atoms with E-state index in [2.05, 4.69) is 5.11 Å². The average Bonchev–Trinajstić information content (AvgIpc) is 2.86. The van der Waals surface area contributed by atoms with E-state index in [-0.39, 0.29) is 0 Å². The van der Waals surface area contributed by atoms with Gasteiger partial charge in [0.25, 0.3) is 5.91 Å². The van der Waals surface area contributed by atoms with Gasteiger partial charge in [-0.15, -0.1) is 0 Å². The largest absolute Gasteiger partial charge is 0.460 e. The second-order valence-electron chi connectivity index (χ2n) is 8.18. The van der Waals surface area contributed by atoms with Crippen molar-refractivity contribution in [1.82, 2.24) is 5.32 Å². The van der Waals surface area contributed by atoms with Gasteiger partial charge in [0.2, 0.25) is 0 Å². The first kappa shape index (κ1) is 38.6. The molecule has 44 heavy (non-hydrogen) atoms. The molecule has 0 spiro atoms. The maximum absolute atomic E-state index is 13.9. The summed E-state index contributed by atoms with van der Waals surface area (Å²) in [5.74, 6) is -70.5. The molecule has 0 radical (unpaired) electrons. The molecule has 0 atom stereocenters. The molecule has 1 aromatic rings. The molecule has 0 fully saturated rings. The third-order valence-corrected chi connectivity index (χ3v) is 5.35. The van der Waals surface area contributed by atoms with Gasteiger partial charge in [0.1, 0.15) is 11.3 Å². The van der Waals surface area contributed by atoms with Crippen LogP contribution in [0.1, 0.15) is 23.2 Å². The summed E-state index contributed by atoms with van der Waals surface area (Å²) < 4.78 is 280. The monoisotopic (exact) mass is 694 g/mol. The Morgan fingerprint density at radius 3 is 1.34 bits per heavy atom. The zero-order chi connectivity index (χ0) is 35.3. The molecular weight excluding hydrogens is 687 g/mol. The van der Waals surface area contributed by atoms with Gasteiger partial charge in [-0.1, -0.05) is 5.11 Å². The summed E-state index contributed by atoms with van der Waals surface area (Å²) in [6.45, 7) is -1.70. The van der Waals surface area contributed by atoms with Crippen LogP contribution in [0.5, 0.6) is 0 Å². The van der Waals surface area contributed by atoms with E-state index in [0.717, 1.165) is 5.32 Å². The number of nitrogens with zero attached hydrogens (tertiary/aromatic N) is 3. The molecule has 0 saturated heterocycles. The number of rotatable bonds is 12. The molecule has 26 heteroatoms. The minimum absolute atomic E-state index is 1.08. The lowest BCUT2D eigenvalue weighted by molar-refractivity contribution is -0.461. The fourth-order valence-corrected chi connectivity index (χ4v) is 2.91. The summed E-state index contributed by atoms with van der Waals surface area (Å²) in [6.07, 6.45) is -12.8. The number of benzene rings is 1. The van der Waals surface area contributed by atoms with Crippen molar-refractivity contribution in [1.29, 1.82) is 0 Å². The smallest absolute Gasteiger partial charge is 0.352 e. The highest BCUT2D eigenvalue weighted by Crippen LogP contribution is 2.64. The molecule has 1 N–H and O–H groups in total. The van der Waals surface area contributed by atoms with Gasteiger partial charge in [-0.25, -0.2) is 17.6 Å². The molecule has 0 bridgehead atoms. The van der Waals surface area contributed by atoms with Crippen LogP contribution >= 0.6 is 0 Å². The zero-order valence-electron chi connectivity index (χ0n) is 19.8. The molecule has 0 aliphatic rings. The second-order valence-corrected chi connectivity index (χ2v) is 8.18. The quantitative estimate of drug-likeness (QED) is 0.0584. The summed E-state index contributed by atoms with van der Waals surface area (Å²) >= 11 is 0. The minimum atomic E-state index is -8.82. The summed E-state index contributed by atoms with van der Waals surface area (Å²) in [5.41, 5.74) is 3.88. The van der Waals surface area contributed by atoms with Crippen LogP contribution in [0, 0.1) is 23.3 Å². The summed E-state index contributed by atoms with van der Waals surface area (Å²) in [7, 11) is 0. The number of carbonyl (C=O) groups excluding carboxylic acids is 1. The van der Waals surface area contributed by atoms with Crippen LogP contribution in [0.25, 0.3) is 10.4 Å². The Hall–Kier alpha value is -3.47. The lowest BCUT2D eigenvalue weighted by Gasteiger charge is -2.42. The predicted octanol–water partition coefficient (Wildman–Crippen LogP) is 8.70. The first-order valence-corrected chi connectivity index (χ1v) is 10.3. The van der Waals surface area contributed by atoms with Crippen LogP contribution in [-0.4, -0.2) is 60.1 Å². The molecule has 252 valence electrons. The first-order chi connectivity index (χ1) is 19.3. The number of hydrogen-bond acceptors (Lipinski definition) is 2. The minimum Gasteiger partial charge on any atom is -0.352 e. The van der Waals surface area contributed by atoms with Crippen molar-refractivity contribution < 1.29 is 97.0 Å². The second kappa shape index (κ2) is 11.5. The van der Waals surface area contributed by atoms with Crippen LogP contribution in [0.4, 0.5) is 97.9 Å². The van der Waals surface area contributed by atoms with Gasteiger partial charge in [-0.05, 0) is 12.0 Å². The SMILES string of the molecule is [N-]=[N+]=Nc1c(F)c(F)c(C(=O)NCCCC(F)(F)C(F)(F)C(F)(F)C(F)(F)C(F)(F)C(F)(F)C(F)(F)C(F)(F)F)c(F)c1F. The number of halogens is 21. The Morgan fingerprint density at radius 1 is 0.614 bits per heavy atom. The van der Waals surface area contributed by atoms with E-state index in [9.17, 15) is 97.0 Å². The number of nitrogens with one attached hydrogen (secondary N) is 1. The van der Waals surface area contributed by atoms with Crippen molar-refractivity contribution in [2.45, 2.75) is 60.5 Å². The van der Waals surface area contributed by atoms with E-state index in [1.54, 1.807) is 4.91 Å². The third kappa shape index (κ3) is 5.59. The van der Waals surface area contributed by atoms with Crippen LogP contribution in [-0.2, 0) is 0 Å². The highest BCUT2D eigenvalue weighted by molar-refractivity contribution is 5.95. The van der Waals surface area contributed by atoms with Crippen molar-refractivity contribution in [2.75, 3.05) is 6.54 Å². The molecule has 0 unspecified atom stereocenters. The highest BCUT2D eigenvalue weighted by Gasteiger charge is 2.95.